The maximum Gasteiger partial charge on any atom is 0.123 e. The van der Waals surface area contributed by atoms with Crippen LogP contribution in [0, 0.1) is 0 Å². The molecule has 0 aliphatic rings. The van der Waals surface area contributed by atoms with Gasteiger partial charge in [-0.2, -0.15) is 0 Å². The summed E-state index contributed by atoms with van der Waals surface area (Å²) in [5, 5.41) is 0. The highest BCUT2D eigenvalue weighted by Gasteiger charge is 2.13. The third kappa shape index (κ3) is 2.25. The monoisotopic (exact) mass is 278 g/mol. The first-order valence-electron chi connectivity index (χ1n) is 6.89. The summed E-state index contributed by atoms with van der Waals surface area (Å²) in [7, 11) is 0. The molecule has 0 aliphatic heterocycles. The molecule has 3 heterocycles. The van der Waals surface area contributed by atoms with Gasteiger partial charge in [-0.05, 0) is 36.4 Å². The van der Waals surface area contributed by atoms with Crippen LogP contribution in [-0.4, -0.2) is 9.55 Å². The lowest BCUT2D eigenvalue weighted by Gasteiger charge is -2.06. The summed E-state index contributed by atoms with van der Waals surface area (Å²) in [5.41, 5.74) is 2.10. The van der Waals surface area contributed by atoms with E-state index in [-0.39, 0.29) is 0 Å². The van der Waals surface area contributed by atoms with E-state index in [0.29, 0.717) is 13.0 Å². The van der Waals surface area contributed by atoms with Crippen LogP contribution in [0.3, 0.4) is 0 Å². The summed E-state index contributed by atoms with van der Waals surface area (Å²) in [4.78, 5) is 4.73. The van der Waals surface area contributed by atoms with Gasteiger partial charge in [0.05, 0.1) is 36.5 Å². The highest BCUT2D eigenvalue weighted by atomic mass is 16.3. The van der Waals surface area contributed by atoms with E-state index in [1.54, 1.807) is 12.5 Å². The van der Waals surface area contributed by atoms with Gasteiger partial charge in [0.15, 0.2) is 0 Å². The molecule has 21 heavy (non-hydrogen) atoms. The normalized spacial score (nSPS) is 11.2. The van der Waals surface area contributed by atoms with Gasteiger partial charge in [-0.1, -0.05) is 12.1 Å². The summed E-state index contributed by atoms with van der Waals surface area (Å²) in [5.74, 6) is 2.80. The van der Waals surface area contributed by atoms with Gasteiger partial charge in [0.25, 0.3) is 0 Å². The van der Waals surface area contributed by atoms with Crippen molar-refractivity contribution in [3.63, 3.8) is 0 Å². The van der Waals surface area contributed by atoms with E-state index >= 15 is 0 Å². The average Bonchev–Trinajstić information content (AvgIpc) is 3.23. The number of nitrogens with zero attached hydrogens (tertiary/aromatic N) is 2. The molecule has 0 unspecified atom stereocenters. The first kappa shape index (κ1) is 12.0. The third-order valence-corrected chi connectivity index (χ3v) is 3.54. The van der Waals surface area contributed by atoms with Crippen LogP contribution in [0.15, 0.2) is 69.9 Å². The van der Waals surface area contributed by atoms with Gasteiger partial charge in [0.1, 0.15) is 17.3 Å². The minimum absolute atomic E-state index is 0.669. The summed E-state index contributed by atoms with van der Waals surface area (Å²) >= 11 is 0. The lowest BCUT2D eigenvalue weighted by Crippen LogP contribution is -2.05. The molecule has 0 amide bonds. The summed E-state index contributed by atoms with van der Waals surface area (Å²) in [6, 6.07) is 15.9. The van der Waals surface area contributed by atoms with E-state index in [1.807, 2.05) is 42.5 Å². The Kier molecular flexibility index (Phi) is 2.85. The van der Waals surface area contributed by atoms with Crippen LogP contribution < -0.4 is 0 Å². The Labute approximate surface area is 121 Å². The number of furan rings is 2. The molecule has 0 saturated carbocycles. The van der Waals surface area contributed by atoms with Gasteiger partial charge >= 0.3 is 0 Å². The minimum Gasteiger partial charge on any atom is -0.469 e. The molecule has 0 atom stereocenters. The van der Waals surface area contributed by atoms with Crippen LogP contribution in [0.5, 0.6) is 0 Å². The molecule has 1 aromatic carbocycles. The van der Waals surface area contributed by atoms with E-state index < -0.39 is 0 Å². The van der Waals surface area contributed by atoms with Crippen LogP contribution in [0.1, 0.15) is 17.3 Å². The number of para-hydroxylation sites is 2. The molecule has 104 valence electrons. The van der Waals surface area contributed by atoms with Crippen LogP contribution in [-0.2, 0) is 13.0 Å². The van der Waals surface area contributed by atoms with Crippen molar-refractivity contribution < 1.29 is 8.83 Å². The number of aromatic nitrogens is 2. The van der Waals surface area contributed by atoms with Crippen molar-refractivity contribution in [1.29, 1.82) is 0 Å². The Bertz CT molecular complexity index is 842. The van der Waals surface area contributed by atoms with Gasteiger partial charge in [-0.25, -0.2) is 4.98 Å². The van der Waals surface area contributed by atoms with E-state index in [1.165, 1.54) is 0 Å². The Balaban J connectivity index is 1.80. The second-order valence-corrected chi connectivity index (χ2v) is 4.94. The van der Waals surface area contributed by atoms with E-state index in [9.17, 15) is 0 Å². The highest BCUT2D eigenvalue weighted by Crippen LogP contribution is 2.20. The van der Waals surface area contributed by atoms with Crippen LogP contribution >= 0.6 is 0 Å². The van der Waals surface area contributed by atoms with E-state index in [4.69, 9.17) is 13.8 Å². The van der Waals surface area contributed by atoms with Crippen molar-refractivity contribution >= 4 is 11.0 Å². The first-order chi connectivity index (χ1) is 10.4. The number of benzene rings is 1. The van der Waals surface area contributed by atoms with Crippen LogP contribution in [0.4, 0.5) is 0 Å². The lowest BCUT2D eigenvalue weighted by molar-refractivity contribution is 0.485. The van der Waals surface area contributed by atoms with Gasteiger partial charge in [-0.15, -0.1) is 0 Å². The number of fused-ring (bicyclic) bond motifs is 1. The Morgan fingerprint density at radius 2 is 1.62 bits per heavy atom. The molecule has 0 radical (unpaired) electrons. The predicted molar refractivity (Wildman–Crippen MR) is 79.1 cm³/mol. The topological polar surface area (TPSA) is 44.1 Å². The fourth-order valence-electron chi connectivity index (χ4n) is 2.56. The zero-order valence-electron chi connectivity index (χ0n) is 11.4. The zero-order valence-corrected chi connectivity index (χ0v) is 11.4. The Morgan fingerprint density at radius 3 is 2.38 bits per heavy atom. The standard InChI is InChI=1S/C17H14N2O2/c1-2-8-16-15(7-1)18-17(11-13-5-3-9-20-13)19(16)12-14-6-4-10-21-14/h1-10H,11-12H2. The minimum atomic E-state index is 0.669. The van der Waals surface area contributed by atoms with Gasteiger partial charge in [-0.3, -0.25) is 0 Å². The number of rotatable bonds is 4. The smallest absolute Gasteiger partial charge is 0.123 e. The lowest BCUT2D eigenvalue weighted by atomic mass is 10.3. The van der Waals surface area contributed by atoms with Crippen LogP contribution in [0.2, 0.25) is 0 Å². The molecule has 0 N–H and O–H groups in total. The molecule has 4 nitrogen and oxygen atoms in total. The summed E-state index contributed by atoms with van der Waals surface area (Å²) < 4.78 is 13.1. The number of imidazole rings is 1. The molecule has 4 aromatic rings. The second-order valence-electron chi connectivity index (χ2n) is 4.94. The quantitative estimate of drug-likeness (QED) is 0.569. The molecule has 0 aliphatic carbocycles. The van der Waals surface area contributed by atoms with Crippen molar-refractivity contribution in [3.8, 4) is 0 Å². The molecule has 0 fully saturated rings. The van der Waals surface area contributed by atoms with Crippen molar-refractivity contribution in [3.05, 3.63) is 78.4 Å². The van der Waals surface area contributed by atoms with Gasteiger partial charge < -0.3 is 13.4 Å². The highest BCUT2D eigenvalue weighted by molar-refractivity contribution is 5.76. The summed E-state index contributed by atoms with van der Waals surface area (Å²) in [6.45, 7) is 0.670. The SMILES string of the molecule is c1coc(Cc2nc3ccccc3n2Cc2ccco2)c1. The zero-order chi connectivity index (χ0) is 14.1. The van der Waals surface area contributed by atoms with Gasteiger partial charge in [0.2, 0.25) is 0 Å². The Morgan fingerprint density at radius 1 is 0.857 bits per heavy atom. The van der Waals surface area contributed by atoms with E-state index in [2.05, 4.69) is 10.6 Å². The molecule has 0 saturated heterocycles. The summed E-state index contributed by atoms with van der Waals surface area (Å²) in [6.07, 6.45) is 4.05. The van der Waals surface area contributed by atoms with Crippen LogP contribution in [0.25, 0.3) is 11.0 Å². The molecule has 0 spiro atoms. The fraction of sp³-hybridized carbons (Fsp3) is 0.118. The third-order valence-electron chi connectivity index (χ3n) is 3.54. The second kappa shape index (κ2) is 4.98. The van der Waals surface area contributed by atoms with Crippen molar-refractivity contribution in [2.24, 2.45) is 0 Å². The van der Waals surface area contributed by atoms with Crippen molar-refractivity contribution in [1.82, 2.24) is 9.55 Å². The average molecular weight is 278 g/mol. The number of hydrogen-bond acceptors (Lipinski definition) is 3. The van der Waals surface area contributed by atoms with E-state index in [0.717, 1.165) is 28.4 Å². The van der Waals surface area contributed by atoms with Crippen molar-refractivity contribution in [2.75, 3.05) is 0 Å². The molecular weight excluding hydrogens is 264 g/mol. The predicted octanol–water partition coefficient (Wildman–Crippen LogP) is 3.86. The maximum atomic E-state index is 5.47. The Hall–Kier alpha value is -2.75. The molecule has 4 rings (SSSR count). The van der Waals surface area contributed by atoms with Gasteiger partial charge in [0, 0.05) is 0 Å². The van der Waals surface area contributed by atoms with Crippen molar-refractivity contribution in [2.45, 2.75) is 13.0 Å². The molecular formula is C17H14N2O2. The molecule has 3 aromatic heterocycles. The molecule has 0 bridgehead atoms. The largest absolute Gasteiger partial charge is 0.469 e. The maximum absolute atomic E-state index is 5.47. The molecule has 4 heteroatoms. The first-order valence-corrected chi connectivity index (χ1v) is 6.89. The fourth-order valence-corrected chi connectivity index (χ4v) is 2.56. The number of hydrogen-bond donors (Lipinski definition) is 0.